The van der Waals surface area contributed by atoms with Gasteiger partial charge < -0.3 is 24.8 Å². The number of amides is 3. The highest BCUT2D eigenvalue weighted by Gasteiger charge is 2.16. The largest absolute Gasteiger partial charge is 0.483 e. The second kappa shape index (κ2) is 11.9. The van der Waals surface area contributed by atoms with Crippen molar-refractivity contribution in [3.63, 3.8) is 0 Å². The number of rotatable bonds is 8. The molecule has 1 aliphatic rings. The zero-order chi connectivity index (χ0) is 27.1. The van der Waals surface area contributed by atoms with Gasteiger partial charge in [0.15, 0.2) is 18.1 Å². The fourth-order valence-electron chi connectivity index (χ4n) is 3.94. The number of hydrogen-bond acceptors (Lipinski definition) is 7. The first-order valence-corrected chi connectivity index (χ1v) is 11.9. The molecule has 1 aliphatic heterocycles. The van der Waals surface area contributed by atoms with Gasteiger partial charge in [0.2, 0.25) is 6.79 Å². The van der Waals surface area contributed by atoms with Gasteiger partial charge in [0.25, 0.3) is 5.91 Å². The van der Waals surface area contributed by atoms with E-state index in [4.69, 9.17) is 14.2 Å². The fraction of sp³-hybridized carbons (Fsp3) is 0.214. The molecule has 3 aromatic rings. The lowest BCUT2D eigenvalue weighted by atomic mass is 10.1. The number of nitrogens with zero attached hydrogens (tertiary/aromatic N) is 1. The summed E-state index contributed by atoms with van der Waals surface area (Å²) in [6.45, 7) is 5.95. The molecular weight excluding hydrogens is 488 g/mol. The van der Waals surface area contributed by atoms with Crippen molar-refractivity contribution in [3.05, 3.63) is 82.4 Å². The highest BCUT2D eigenvalue weighted by Crippen LogP contribution is 2.32. The van der Waals surface area contributed by atoms with Crippen LogP contribution in [0.2, 0.25) is 0 Å². The number of hydrogen-bond donors (Lipinski definition) is 3. The summed E-state index contributed by atoms with van der Waals surface area (Å²) in [4.78, 5) is 36.8. The number of aryl methyl sites for hydroxylation is 3. The average molecular weight is 517 g/mol. The average Bonchev–Trinajstić information content (AvgIpc) is 3.36. The normalized spacial score (nSPS) is 11.8. The number of carbonyl (C=O) groups excluding carboxylic acids is 3. The van der Waals surface area contributed by atoms with Crippen LogP contribution < -0.4 is 30.3 Å². The second-order valence-corrected chi connectivity index (χ2v) is 8.72. The maximum Gasteiger partial charge on any atom is 0.329 e. The van der Waals surface area contributed by atoms with Gasteiger partial charge in [-0.05, 0) is 61.7 Å². The maximum absolute atomic E-state index is 12.5. The lowest BCUT2D eigenvalue weighted by Crippen LogP contribution is -2.37. The van der Waals surface area contributed by atoms with Gasteiger partial charge in [-0.15, -0.1) is 0 Å². The molecule has 0 radical (unpaired) electrons. The van der Waals surface area contributed by atoms with Crippen LogP contribution in [-0.2, 0) is 20.9 Å². The summed E-state index contributed by atoms with van der Waals surface area (Å²) >= 11 is 0. The Morgan fingerprint density at radius 3 is 2.47 bits per heavy atom. The minimum atomic E-state index is -0.927. The predicted molar refractivity (Wildman–Crippen MR) is 141 cm³/mol. The minimum absolute atomic E-state index is 0.132. The van der Waals surface area contributed by atoms with Crippen molar-refractivity contribution in [1.82, 2.24) is 10.7 Å². The minimum Gasteiger partial charge on any atom is -0.483 e. The van der Waals surface area contributed by atoms with E-state index in [9.17, 15) is 14.4 Å². The Morgan fingerprint density at radius 2 is 1.68 bits per heavy atom. The van der Waals surface area contributed by atoms with Crippen LogP contribution in [0.5, 0.6) is 17.2 Å². The molecule has 0 aromatic heterocycles. The molecule has 0 aliphatic carbocycles. The van der Waals surface area contributed by atoms with E-state index in [0.29, 0.717) is 22.8 Å². The first-order valence-electron chi connectivity index (χ1n) is 11.9. The first kappa shape index (κ1) is 26.2. The Kier molecular flexibility index (Phi) is 8.22. The van der Waals surface area contributed by atoms with Gasteiger partial charge >= 0.3 is 11.8 Å². The van der Waals surface area contributed by atoms with Crippen LogP contribution >= 0.6 is 0 Å². The lowest BCUT2D eigenvalue weighted by Gasteiger charge is -2.14. The maximum atomic E-state index is 12.5. The van der Waals surface area contributed by atoms with Crippen molar-refractivity contribution in [1.29, 1.82) is 0 Å². The van der Waals surface area contributed by atoms with Crippen molar-refractivity contribution in [3.8, 4) is 17.2 Å². The Morgan fingerprint density at radius 1 is 0.947 bits per heavy atom. The number of nitrogens with one attached hydrogen (secondary N) is 3. The highest BCUT2D eigenvalue weighted by molar-refractivity contribution is 6.35. The molecule has 0 saturated heterocycles. The van der Waals surface area contributed by atoms with Crippen LogP contribution in [0.1, 0.15) is 27.8 Å². The summed E-state index contributed by atoms with van der Waals surface area (Å²) in [6, 6.07) is 16.1. The number of benzene rings is 3. The van der Waals surface area contributed by atoms with E-state index in [0.717, 1.165) is 27.9 Å². The summed E-state index contributed by atoms with van der Waals surface area (Å²) in [5.74, 6) is -0.464. The van der Waals surface area contributed by atoms with Gasteiger partial charge in [0.05, 0.1) is 6.21 Å². The molecule has 3 amide bonds. The Labute approximate surface area is 220 Å². The zero-order valence-electron chi connectivity index (χ0n) is 21.3. The SMILES string of the molecule is Cc1cc(C)c(NC(=O)COc2ccccc2/C=N\NC(=O)C(=O)NCc2ccc3c(c2)OCO3)c(C)c1. The summed E-state index contributed by atoms with van der Waals surface area (Å²) in [5, 5.41) is 9.26. The van der Waals surface area contributed by atoms with Gasteiger partial charge in [-0.2, -0.15) is 5.10 Å². The summed E-state index contributed by atoms with van der Waals surface area (Å²) in [5.41, 5.74) is 7.29. The molecule has 0 atom stereocenters. The third-order valence-corrected chi connectivity index (χ3v) is 5.69. The molecule has 0 spiro atoms. The van der Waals surface area contributed by atoms with Crippen molar-refractivity contribution in [2.75, 3.05) is 18.7 Å². The van der Waals surface area contributed by atoms with E-state index in [-0.39, 0.29) is 25.9 Å². The first-order chi connectivity index (χ1) is 18.3. The van der Waals surface area contributed by atoms with E-state index in [1.807, 2.05) is 32.9 Å². The molecule has 0 fully saturated rings. The molecule has 0 unspecified atom stereocenters. The van der Waals surface area contributed by atoms with Crippen LogP contribution in [0.25, 0.3) is 0 Å². The van der Waals surface area contributed by atoms with Crippen molar-refractivity contribution in [2.24, 2.45) is 5.10 Å². The van der Waals surface area contributed by atoms with Crippen LogP contribution in [-0.4, -0.2) is 37.3 Å². The topological polar surface area (TPSA) is 127 Å². The molecular formula is C28H28N4O6. The number of hydrazone groups is 1. The van der Waals surface area contributed by atoms with Crippen LogP contribution in [0.3, 0.4) is 0 Å². The molecule has 10 heteroatoms. The summed E-state index contributed by atoms with van der Waals surface area (Å²) in [6.07, 6.45) is 1.34. The van der Waals surface area contributed by atoms with Crippen LogP contribution in [0.4, 0.5) is 5.69 Å². The molecule has 38 heavy (non-hydrogen) atoms. The molecule has 3 aromatic carbocycles. The van der Waals surface area contributed by atoms with Crippen molar-refractivity contribution >= 4 is 29.6 Å². The van der Waals surface area contributed by atoms with Crippen LogP contribution in [0, 0.1) is 20.8 Å². The molecule has 0 bridgehead atoms. The quantitative estimate of drug-likeness (QED) is 0.240. The Hall–Kier alpha value is -4.86. The summed E-state index contributed by atoms with van der Waals surface area (Å²) < 4.78 is 16.2. The number of ether oxygens (including phenoxy) is 3. The third-order valence-electron chi connectivity index (χ3n) is 5.69. The molecule has 196 valence electrons. The number of fused-ring (bicyclic) bond motifs is 1. The van der Waals surface area contributed by atoms with E-state index in [1.165, 1.54) is 6.21 Å². The van der Waals surface area contributed by atoms with Gasteiger partial charge in [-0.25, -0.2) is 5.43 Å². The van der Waals surface area contributed by atoms with Gasteiger partial charge in [0, 0.05) is 17.8 Å². The second-order valence-electron chi connectivity index (χ2n) is 8.72. The third kappa shape index (κ3) is 6.67. The Balaban J connectivity index is 1.27. The predicted octanol–water partition coefficient (Wildman–Crippen LogP) is 3.12. The number of carbonyl (C=O) groups is 3. The van der Waals surface area contributed by atoms with Crippen molar-refractivity contribution < 1.29 is 28.6 Å². The standard InChI is InChI=1S/C28H28N4O6/c1-17-10-18(2)26(19(3)11-17)31-25(33)15-36-22-7-5-4-6-21(22)14-30-32-28(35)27(34)29-13-20-8-9-23-24(12-20)38-16-37-23/h4-12,14H,13,15-16H2,1-3H3,(H,29,34)(H,31,33)(H,32,35)/b30-14-. The van der Waals surface area contributed by atoms with E-state index in [2.05, 4.69) is 21.2 Å². The van der Waals surface area contributed by atoms with Gasteiger partial charge in [-0.3, -0.25) is 14.4 Å². The number of anilines is 1. The van der Waals surface area contributed by atoms with E-state index < -0.39 is 11.8 Å². The Bertz CT molecular complexity index is 1380. The highest BCUT2D eigenvalue weighted by atomic mass is 16.7. The molecule has 1 heterocycles. The monoisotopic (exact) mass is 516 g/mol. The van der Waals surface area contributed by atoms with E-state index >= 15 is 0 Å². The number of para-hydroxylation sites is 1. The zero-order valence-corrected chi connectivity index (χ0v) is 21.3. The van der Waals surface area contributed by atoms with E-state index in [1.54, 1.807) is 42.5 Å². The van der Waals surface area contributed by atoms with Gasteiger partial charge in [0.1, 0.15) is 5.75 Å². The van der Waals surface area contributed by atoms with Crippen LogP contribution in [0.15, 0.2) is 59.7 Å². The molecule has 4 rings (SSSR count). The van der Waals surface area contributed by atoms with Crippen molar-refractivity contribution in [2.45, 2.75) is 27.3 Å². The molecule has 0 saturated carbocycles. The fourth-order valence-corrected chi connectivity index (χ4v) is 3.94. The summed E-state index contributed by atoms with van der Waals surface area (Å²) in [7, 11) is 0. The van der Waals surface area contributed by atoms with Gasteiger partial charge in [-0.1, -0.05) is 35.9 Å². The smallest absolute Gasteiger partial charge is 0.329 e. The lowest BCUT2D eigenvalue weighted by molar-refractivity contribution is -0.139. The molecule has 10 nitrogen and oxygen atoms in total. The molecule has 3 N–H and O–H groups in total.